The van der Waals surface area contributed by atoms with Gasteiger partial charge in [-0.05, 0) is 19.3 Å². The summed E-state index contributed by atoms with van der Waals surface area (Å²) in [5.41, 5.74) is 0. The van der Waals surface area contributed by atoms with Gasteiger partial charge in [-0.1, -0.05) is 5.10 Å². The van der Waals surface area contributed by atoms with Gasteiger partial charge < -0.3 is 24.5 Å². The van der Waals surface area contributed by atoms with Crippen molar-refractivity contribution in [1.29, 1.82) is 0 Å². The molecule has 0 aliphatic rings. The van der Waals surface area contributed by atoms with Crippen LogP contribution in [0.15, 0.2) is 4.42 Å². The first kappa shape index (κ1) is 15.9. The van der Waals surface area contributed by atoms with Crippen LogP contribution in [0.5, 0.6) is 0 Å². The molecule has 0 spiro atoms. The summed E-state index contributed by atoms with van der Waals surface area (Å²) in [7, 11) is 3.39. The maximum atomic E-state index is 5.43. The van der Waals surface area contributed by atoms with Gasteiger partial charge in [0.15, 0.2) is 0 Å². The zero-order valence-electron chi connectivity index (χ0n) is 11.8. The Bertz CT molecular complexity index is 320. The minimum absolute atomic E-state index is 0.482. The van der Waals surface area contributed by atoms with E-state index in [0.717, 1.165) is 39.0 Å². The molecule has 2 N–H and O–H groups in total. The van der Waals surface area contributed by atoms with Gasteiger partial charge in [0.2, 0.25) is 5.89 Å². The third kappa shape index (κ3) is 7.76. The molecule has 0 unspecified atom stereocenters. The lowest BCUT2D eigenvalue weighted by Crippen LogP contribution is -2.18. The minimum Gasteiger partial charge on any atom is -0.407 e. The van der Waals surface area contributed by atoms with Gasteiger partial charge in [0.1, 0.15) is 0 Å². The highest BCUT2D eigenvalue weighted by molar-refractivity contribution is 5.16. The van der Waals surface area contributed by atoms with Crippen LogP contribution in [0, 0.1) is 0 Å². The quantitative estimate of drug-likeness (QED) is 0.550. The highest BCUT2D eigenvalue weighted by Gasteiger charge is 2.04. The molecule has 19 heavy (non-hydrogen) atoms. The number of aromatic nitrogens is 2. The van der Waals surface area contributed by atoms with E-state index in [-0.39, 0.29) is 0 Å². The molecule has 0 bridgehead atoms. The summed E-state index contributed by atoms with van der Waals surface area (Å²) >= 11 is 0. The van der Waals surface area contributed by atoms with Gasteiger partial charge in [0.25, 0.3) is 0 Å². The van der Waals surface area contributed by atoms with Crippen LogP contribution < -0.4 is 10.6 Å². The van der Waals surface area contributed by atoms with Crippen LogP contribution in [0.2, 0.25) is 0 Å². The fourth-order valence-electron chi connectivity index (χ4n) is 1.51. The van der Waals surface area contributed by atoms with Crippen molar-refractivity contribution in [2.24, 2.45) is 0 Å². The Hall–Kier alpha value is -1.18. The molecule has 0 amide bonds. The molecule has 0 aromatic carbocycles. The molecule has 1 aromatic heterocycles. The van der Waals surface area contributed by atoms with Gasteiger partial charge in [-0.15, -0.1) is 5.10 Å². The molecule has 7 heteroatoms. The van der Waals surface area contributed by atoms with Crippen LogP contribution in [-0.2, 0) is 16.0 Å². The Kier molecular flexibility index (Phi) is 8.95. The Morgan fingerprint density at radius 3 is 2.63 bits per heavy atom. The van der Waals surface area contributed by atoms with Gasteiger partial charge in [-0.3, -0.25) is 0 Å². The van der Waals surface area contributed by atoms with Crippen LogP contribution >= 0.6 is 0 Å². The standard InChI is InChI=1S/C12H24N4O3/c1-17-8-5-3-4-6-14-12-16-15-11(19-12)10-13-7-9-18-2/h13H,3-10H2,1-2H3,(H,14,16). The molecule has 0 atom stereocenters. The van der Waals surface area contributed by atoms with Gasteiger partial charge in [0.05, 0.1) is 13.2 Å². The van der Waals surface area contributed by atoms with Gasteiger partial charge in [-0.2, -0.15) is 0 Å². The van der Waals surface area contributed by atoms with Crippen molar-refractivity contribution in [3.05, 3.63) is 5.89 Å². The minimum atomic E-state index is 0.482. The predicted molar refractivity (Wildman–Crippen MR) is 72.1 cm³/mol. The molecule has 0 radical (unpaired) electrons. The molecule has 0 saturated heterocycles. The van der Waals surface area contributed by atoms with Crippen LogP contribution in [0.25, 0.3) is 0 Å². The van der Waals surface area contributed by atoms with Gasteiger partial charge >= 0.3 is 6.01 Å². The second-order valence-corrected chi connectivity index (χ2v) is 4.15. The first-order valence-electron chi connectivity index (χ1n) is 6.61. The maximum Gasteiger partial charge on any atom is 0.315 e. The van der Waals surface area contributed by atoms with Crippen LogP contribution in [-0.4, -0.2) is 50.7 Å². The van der Waals surface area contributed by atoms with Gasteiger partial charge in [0, 0.05) is 33.9 Å². The monoisotopic (exact) mass is 272 g/mol. The molecule has 0 fully saturated rings. The van der Waals surface area contributed by atoms with Crippen LogP contribution in [0.1, 0.15) is 25.2 Å². The number of nitrogens with zero attached hydrogens (tertiary/aromatic N) is 2. The number of hydrogen-bond donors (Lipinski definition) is 2. The molecule has 1 heterocycles. The molecule has 0 aliphatic carbocycles. The number of ether oxygens (including phenoxy) is 2. The lowest BCUT2D eigenvalue weighted by atomic mass is 10.2. The third-order valence-electron chi connectivity index (χ3n) is 2.53. The van der Waals surface area contributed by atoms with Crippen molar-refractivity contribution in [1.82, 2.24) is 15.5 Å². The summed E-state index contributed by atoms with van der Waals surface area (Å²) in [4.78, 5) is 0. The van der Waals surface area contributed by atoms with E-state index in [4.69, 9.17) is 13.9 Å². The second-order valence-electron chi connectivity index (χ2n) is 4.15. The largest absolute Gasteiger partial charge is 0.407 e. The SMILES string of the molecule is COCCCCCNc1nnc(CNCCOC)o1. The summed E-state index contributed by atoms with van der Waals surface area (Å²) < 4.78 is 15.3. The van der Waals surface area contributed by atoms with Crippen LogP contribution in [0.4, 0.5) is 6.01 Å². The number of hydrogen-bond acceptors (Lipinski definition) is 7. The fraction of sp³-hybridized carbons (Fsp3) is 0.833. The van der Waals surface area contributed by atoms with Crippen molar-refractivity contribution in [2.45, 2.75) is 25.8 Å². The summed E-state index contributed by atoms with van der Waals surface area (Å²) in [6.07, 6.45) is 3.27. The van der Waals surface area contributed by atoms with E-state index in [0.29, 0.717) is 25.1 Å². The maximum absolute atomic E-state index is 5.43. The van der Waals surface area contributed by atoms with Gasteiger partial charge in [-0.25, -0.2) is 0 Å². The first-order chi connectivity index (χ1) is 9.36. The summed E-state index contributed by atoms with van der Waals surface area (Å²) in [6.45, 7) is 3.65. The molecule has 1 aromatic rings. The summed E-state index contributed by atoms with van der Waals surface area (Å²) in [6, 6.07) is 0.482. The molecule has 110 valence electrons. The second kappa shape index (κ2) is 10.7. The van der Waals surface area contributed by atoms with Crippen LogP contribution in [0.3, 0.4) is 0 Å². The zero-order chi connectivity index (χ0) is 13.8. The highest BCUT2D eigenvalue weighted by atomic mass is 16.5. The smallest absolute Gasteiger partial charge is 0.315 e. The van der Waals surface area contributed by atoms with Crippen molar-refractivity contribution in [2.75, 3.05) is 45.8 Å². The van der Waals surface area contributed by atoms with E-state index in [1.54, 1.807) is 14.2 Å². The Labute approximate surface area is 114 Å². The number of anilines is 1. The molecule has 1 rings (SSSR count). The number of rotatable bonds is 12. The lowest BCUT2D eigenvalue weighted by Gasteiger charge is -2.01. The van der Waals surface area contributed by atoms with Crippen molar-refractivity contribution < 1.29 is 13.9 Å². The Morgan fingerprint density at radius 2 is 1.84 bits per heavy atom. The Balaban J connectivity index is 2.06. The van der Waals surface area contributed by atoms with E-state index in [2.05, 4.69) is 20.8 Å². The number of unbranched alkanes of at least 4 members (excludes halogenated alkanes) is 2. The fourth-order valence-corrected chi connectivity index (χ4v) is 1.51. The summed E-state index contributed by atoms with van der Waals surface area (Å²) in [5, 5.41) is 14.1. The lowest BCUT2D eigenvalue weighted by molar-refractivity contribution is 0.192. The molecule has 0 saturated carbocycles. The third-order valence-corrected chi connectivity index (χ3v) is 2.53. The van der Waals surface area contributed by atoms with E-state index in [1.807, 2.05) is 0 Å². The first-order valence-corrected chi connectivity index (χ1v) is 6.61. The van der Waals surface area contributed by atoms with Crippen molar-refractivity contribution in [3.8, 4) is 0 Å². The predicted octanol–water partition coefficient (Wildman–Crippen LogP) is 1.03. The molecule has 7 nitrogen and oxygen atoms in total. The average Bonchev–Trinajstić information content (AvgIpc) is 2.87. The van der Waals surface area contributed by atoms with Crippen molar-refractivity contribution >= 4 is 6.01 Å². The summed E-state index contributed by atoms with van der Waals surface area (Å²) in [5.74, 6) is 0.581. The van der Waals surface area contributed by atoms with E-state index in [1.165, 1.54) is 0 Å². The van der Waals surface area contributed by atoms with E-state index >= 15 is 0 Å². The molecule has 0 aliphatic heterocycles. The number of nitrogens with one attached hydrogen (secondary N) is 2. The highest BCUT2D eigenvalue weighted by Crippen LogP contribution is 2.05. The average molecular weight is 272 g/mol. The van der Waals surface area contributed by atoms with Crippen molar-refractivity contribution in [3.63, 3.8) is 0 Å². The molecular weight excluding hydrogens is 248 g/mol. The zero-order valence-corrected chi connectivity index (χ0v) is 11.8. The molecular formula is C12H24N4O3. The Morgan fingerprint density at radius 1 is 1.00 bits per heavy atom. The number of methoxy groups -OCH3 is 2. The topological polar surface area (TPSA) is 81.4 Å². The normalized spacial score (nSPS) is 10.8. The van der Waals surface area contributed by atoms with E-state index in [9.17, 15) is 0 Å². The van der Waals surface area contributed by atoms with E-state index < -0.39 is 0 Å².